The number of para-hydroxylation sites is 1. The lowest BCUT2D eigenvalue weighted by Crippen LogP contribution is -2.30. The highest BCUT2D eigenvalue weighted by Crippen LogP contribution is 2.29. The molecule has 236 valence electrons. The summed E-state index contributed by atoms with van der Waals surface area (Å²) in [4.78, 5) is 55.5. The Morgan fingerprint density at radius 1 is 0.894 bits per heavy atom. The zero-order valence-corrected chi connectivity index (χ0v) is 26.9. The van der Waals surface area contributed by atoms with Gasteiger partial charge in [0.15, 0.2) is 5.13 Å². The zero-order valence-electron chi connectivity index (χ0n) is 25.3. The Kier molecular flexibility index (Phi) is 10.6. The number of thioether (sulfide) groups is 1. The van der Waals surface area contributed by atoms with E-state index in [1.165, 1.54) is 47.4 Å². The quantitative estimate of drug-likeness (QED) is 0.0573. The third-order valence-corrected chi connectivity index (χ3v) is 8.71. The second-order valence-electron chi connectivity index (χ2n) is 10.3. The average molecular weight is 664 g/mol. The molecule has 1 heterocycles. The maximum atomic E-state index is 13.4. The number of carbonyl (C=O) groups excluding carboxylic acids is 3. The van der Waals surface area contributed by atoms with Crippen LogP contribution in [-0.2, 0) is 9.59 Å². The molecule has 1 unspecified atom stereocenters. The Morgan fingerprint density at radius 3 is 2.28 bits per heavy atom. The number of hydrogen-bond acceptors (Lipinski definition) is 8. The van der Waals surface area contributed by atoms with Gasteiger partial charge in [0.05, 0.1) is 21.4 Å². The molecule has 4 aromatic carbocycles. The summed E-state index contributed by atoms with van der Waals surface area (Å²) in [7, 11) is 0. The van der Waals surface area contributed by atoms with Crippen molar-refractivity contribution in [2.45, 2.75) is 24.0 Å². The summed E-state index contributed by atoms with van der Waals surface area (Å²) in [6.45, 7) is 3.81. The summed E-state index contributed by atoms with van der Waals surface area (Å²) in [6.07, 6.45) is 1.27. The smallest absolute Gasteiger partial charge is 0.276 e. The lowest BCUT2D eigenvalue weighted by Gasteiger charge is -2.13. The fourth-order valence-electron chi connectivity index (χ4n) is 4.34. The van der Waals surface area contributed by atoms with Crippen LogP contribution in [0.15, 0.2) is 119 Å². The maximum Gasteiger partial charge on any atom is 0.276 e. The van der Waals surface area contributed by atoms with E-state index in [0.29, 0.717) is 16.4 Å². The molecule has 0 fully saturated rings. The first-order chi connectivity index (χ1) is 22.7. The predicted octanol–water partition coefficient (Wildman–Crippen LogP) is 7.56. The van der Waals surface area contributed by atoms with Gasteiger partial charge in [-0.25, -0.2) is 4.98 Å². The van der Waals surface area contributed by atoms with E-state index in [0.717, 1.165) is 21.7 Å². The largest absolute Gasteiger partial charge is 0.321 e. The number of nitro groups is 1. The Bertz CT molecular complexity index is 1940. The molecular formula is C35H29N5O5S2. The topological polar surface area (TPSA) is 143 Å². The normalized spacial score (nSPS) is 11.7. The van der Waals surface area contributed by atoms with Gasteiger partial charge in [0.1, 0.15) is 5.70 Å². The summed E-state index contributed by atoms with van der Waals surface area (Å²) >= 11 is 2.70. The third kappa shape index (κ3) is 8.78. The number of carbonyl (C=O) groups is 3. The van der Waals surface area contributed by atoms with Gasteiger partial charge in [-0.2, -0.15) is 0 Å². The van der Waals surface area contributed by atoms with Crippen molar-refractivity contribution in [1.29, 1.82) is 0 Å². The summed E-state index contributed by atoms with van der Waals surface area (Å²) in [5.41, 5.74) is 3.42. The van der Waals surface area contributed by atoms with Gasteiger partial charge >= 0.3 is 0 Å². The van der Waals surface area contributed by atoms with E-state index in [4.69, 9.17) is 0 Å². The molecule has 3 amide bonds. The highest BCUT2D eigenvalue weighted by molar-refractivity contribution is 8.00. The zero-order chi connectivity index (χ0) is 33.3. The Hall–Kier alpha value is -5.59. The summed E-state index contributed by atoms with van der Waals surface area (Å²) in [5.74, 6) is -1.42. The number of anilines is 2. The molecule has 1 atom stereocenters. The fourth-order valence-corrected chi connectivity index (χ4v) is 5.93. The SMILES string of the molecule is Cc1ccc(-c2csc(NC(=O)C(C)Sc3ccc(NC(=O)/C(=C/c4ccccc4[N+](=O)[O-])NC(=O)c4ccccc4)cc3)n2)cc1. The van der Waals surface area contributed by atoms with Crippen LogP contribution in [0.1, 0.15) is 28.4 Å². The third-order valence-electron chi connectivity index (χ3n) is 6.84. The van der Waals surface area contributed by atoms with E-state index < -0.39 is 22.0 Å². The molecule has 47 heavy (non-hydrogen) atoms. The number of nitro benzene ring substituents is 1. The van der Waals surface area contributed by atoms with E-state index in [1.807, 2.05) is 36.6 Å². The van der Waals surface area contributed by atoms with Gasteiger partial charge in [-0.15, -0.1) is 23.1 Å². The summed E-state index contributed by atoms with van der Waals surface area (Å²) < 4.78 is 0. The van der Waals surface area contributed by atoms with Crippen molar-refractivity contribution in [3.63, 3.8) is 0 Å². The molecule has 0 radical (unpaired) electrons. The van der Waals surface area contributed by atoms with Crippen LogP contribution in [0.2, 0.25) is 0 Å². The highest BCUT2D eigenvalue weighted by Gasteiger charge is 2.19. The number of benzene rings is 4. The minimum Gasteiger partial charge on any atom is -0.321 e. The van der Waals surface area contributed by atoms with Crippen molar-refractivity contribution in [2.75, 3.05) is 10.6 Å². The summed E-state index contributed by atoms with van der Waals surface area (Å²) in [6, 6.07) is 29.1. The molecule has 0 bridgehead atoms. The minimum absolute atomic E-state index is 0.152. The number of rotatable bonds is 11. The van der Waals surface area contributed by atoms with Crippen molar-refractivity contribution in [2.24, 2.45) is 0 Å². The van der Waals surface area contributed by atoms with E-state index in [-0.39, 0.29) is 22.9 Å². The average Bonchev–Trinajstić information content (AvgIpc) is 3.54. The van der Waals surface area contributed by atoms with Gasteiger partial charge in [0.2, 0.25) is 5.91 Å². The number of hydrogen-bond donors (Lipinski definition) is 3. The molecule has 0 aliphatic carbocycles. The van der Waals surface area contributed by atoms with Crippen molar-refractivity contribution in [1.82, 2.24) is 10.3 Å². The Morgan fingerprint density at radius 2 is 1.57 bits per heavy atom. The first kappa shape index (κ1) is 32.8. The predicted molar refractivity (Wildman–Crippen MR) is 186 cm³/mol. The second-order valence-corrected chi connectivity index (χ2v) is 12.6. The standard InChI is InChI=1S/C35H29N5O5S2/c1-22-12-14-24(15-13-22)30-21-46-35(38-30)39-32(41)23(2)47-28-18-16-27(17-19-28)36-34(43)29(37-33(42)25-8-4-3-5-9-25)20-26-10-6-7-11-31(26)40(44)45/h3-21,23H,1-2H3,(H,36,43)(H,37,42)(H,38,39,41)/b29-20-. The van der Waals surface area contributed by atoms with Crippen LogP contribution in [0.25, 0.3) is 17.3 Å². The molecule has 1 aromatic heterocycles. The van der Waals surface area contributed by atoms with Crippen LogP contribution in [0.4, 0.5) is 16.5 Å². The van der Waals surface area contributed by atoms with E-state index in [9.17, 15) is 24.5 Å². The molecule has 0 aliphatic heterocycles. The number of nitrogens with zero attached hydrogens (tertiary/aromatic N) is 2. The van der Waals surface area contributed by atoms with Crippen molar-refractivity contribution >= 4 is 63.4 Å². The Labute approximate surface area is 279 Å². The van der Waals surface area contributed by atoms with Gasteiger partial charge in [-0.1, -0.05) is 60.2 Å². The molecule has 10 nitrogen and oxygen atoms in total. The minimum atomic E-state index is -0.672. The molecule has 0 saturated carbocycles. The molecule has 5 aromatic rings. The summed E-state index contributed by atoms with van der Waals surface area (Å²) in [5, 5.41) is 21.8. The number of aryl methyl sites for hydroxylation is 1. The van der Waals surface area contributed by atoms with E-state index in [1.54, 1.807) is 67.6 Å². The number of amides is 3. The molecule has 12 heteroatoms. The van der Waals surface area contributed by atoms with Crippen LogP contribution in [0.3, 0.4) is 0 Å². The van der Waals surface area contributed by atoms with Crippen LogP contribution < -0.4 is 16.0 Å². The molecule has 0 saturated heterocycles. The molecule has 0 spiro atoms. The van der Waals surface area contributed by atoms with Gasteiger partial charge in [0, 0.05) is 33.2 Å². The first-order valence-electron chi connectivity index (χ1n) is 14.4. The monoisotopic (exact) mass is 663 g/mol. The molecular weight excluding hydrogens is 635 g/mol. The second kappa shape index (κ2) is 15.1. The molecule has 5 rings (SSSR count). The molecule has 3 N–H and O–H groups in total. The number of thiazole rings is 1. The number of nitrogens with one attached hydrogen (secondary N) is 3. The first-order valence-corrected chi connectivity index (χ1v) is 16.2. The lowest BCUT2D eigenvalue weighted by atomic mass is 10.1. The van der Waals surface area contributed by atoms with Crippen molar-refractivity contribution in [3.05, 3.63) is 141 Å². The van der Waals surface area contributed by atoms with Crippen LogP contribution in [-0.4, -0.2) is 32.9 Å². The van der Waals surface area contributed by atoms with Crippen molar-refractivity contribution in [3.8, 4) is 11.3 Å². The van der Waals surface area contributed by atoms with Crippen LogP contribution in [0.5, 0.6) is 0 Å². The number of aromatic nitrogens is 1. The Balaban J connectivity index is 1.24. The van der Waals surface area contributed by atoms with E-state index in [2.05, 4.69) is 20.9 Å². The van der Waals surface area contributed by atoms with Crippen molar-refractivity contribution < 1.29 is 19.3 Å². The fraction of sp³-hybridized carbons (Fsp3) is 0.0857. The lowest BCUT2D eigenvalue weighted by molar-refractivity contribution is -0.385. The van der Waals surface area contributed by atoms with E-state index >= 15 is 0 Å². The van der Waals surface area contributed by atoms with Crippen LogP contribution >= 0.6 is 23.1 Å². The van der Waals surface area contributed by atoms with Gasteiger partial charge in [-0.3, -0.25) is 24.5 Å². The van der Waals surface area contributed by atoms with Gasteiger partial charge in [0.25, 0.3) is 17.5 Å². The maximum absolute atomic E-state index is 13.4. The van der Waals surface area contributed by atoms with Gasteiger partial charge < -0.3 is 16.0 Å². The van der Waals surface area contributed by atoms with Gasteiger partial charge in [-0.05, 0) is 62.4 Å². The molecule has 0 aliphatic rings. The van der Waals surface area contributed by atoms with Crippen LogP contribution in [0, 0.1) is 17.0 Å². The highest BCUT2D eigenvalue weighted by atomic mass is 32.2.